The third-order valence-corrected chi connectivity index (χ3v) is 2.11. The molecule has 0 amide bonds. The number of aryl methyl sites for hydroxylation is 1. The zero-order chi connectivity index (χ0) is 9.26. The lowest BCUT2D eigenvalue weighted by Crippen LogP contribution is -2.11. The number of rotatable bonds is 2. The summed E-state index contributed by atoms with van der Waals surface area (Å²) in [5.74, 6) is 0. The summed E-state index contributed by atoms with van der Waals surface area (Å²) in [6.45, 7) is 2.89. The molecule has 3 nitrogen and oxygen atoms in total. The molecule has 1 aromatic heterocycles. The maximum Gasteiger partial charge on any atom is 0.0969 e. The lowest BCUT2D eigenvalue weighted by Gasteiger charge is -2.01. The molecule has 0 spiro atoms. The Hall–Kier alpha value is -1.35. The highest BCUT2D eigenvalue weighted by Gasteiger charge is 2.00. The maximum absolute atomic E-state index is 4.32. The van der Waals surface area contributed by atoms with Crippen LogP contribution in [0.5, 0.6) is 0 Å². The van der Waals surface area contributed by atoms with Gasteiger partial charge < -0.3 is 9.88 Å². The number of nitrogens with one attached hydrogen (secondary N) is 1. The minimum atomic E-state index is 0.805. The molecular weight excluding hydrogens is 162 g/mol. The molecular formula is C10H13N3. The van der Waals surface area contributed by atoms with Crippen molar-refractivity contribution in [2.75, 3.05) is 7.05 Å². The summed E-state index contributed by atoms with van der Waals surface area (Å²) in [4.78, 5) is 4.32. The molecule has 0 unspecified atom stereocenters. The van der Waals surface area contributed by atoms with E-state index < -0.39 is 0 Å². The second-order valence-corrected chi connectivity index (χ2v) is 3.22. The molecule has 2 rings (SSSR count). The molecule has 0 fully saturated rings. The predicted molar refractivity (Wildman–Crippen MR) is 53.5 cm³/mol. The summed E-state index contributed by atoms with van der Waals surface area (Å²) >= 11 is 0. The third kappa shape index (κ3) is 1.42. The fourth-order valence-electron chi connectivity index (χ4n) is 1.47. The Morgan fingerprint density at radius 3 is 3.08 bits per heavy atom. The molecule has 1 aromatic carbocycles. The number of imidazole rings is 1. The number of nitrogens with zero attached hydrogens (tertiary/aromatic N) is 2. The van der Waals surface area contributed by atoms with Gasteiger partial charge in [-0.25, -0.2) is 4.98 Å². The zero-order valence-electron chi connectivity index (χ0n) is 7.91. The van der Waals surface area contributed by atoms with Crippen LogP contribution < -0.4 is 5.32 Å². The van der Waals surface area contributed by atoms with E-state index in [-0.39, 0.29) is 0 Å². The van der Waals surface area contributed by atoms with Gasteiger partial charge in [0.05, 0.1) is 24.0 Å². The Morgan fingerprint density at radius 1 is 1.46 bits per heavy atom. The van der Waals surface area contributed by atoms with Crippen molar-refractivity contribution in [1.82, 2.24) is 14.9 Å². The van der Waals surface area contributed by atoms with Crippen LogP contribution in [0.2, 0.25) is 0 Å². The Morgan fingerprint density at radius 2 is 2.31 bits per heavy atom. The molecule has 0 saturated heterocycles. The molecule has 3 heteroatoms. The molecule has 1 heterocycles. The zero-order valence-corrected chi connectivity index (χ0v) is 7.91. The van der Waals surface area contributed by atoms with E-state index in [4.69, 9.17) is 0 Å². The fourth-order valence-corrected chi connectivity index (χ4v) is 1.47. The molecule has 0 bridgehead atoms. The Balaban J connectivity index is 2.55. The van der Waals surface area contributed by atoms with Gasteiger partial charge in [-0.1, -0.05) is 6.07 Å². The maximum atomic E-state index is 4.32. The third-order valence-electron chi connectivity index (χ3n) is 2.11. The lowest BCUT2D eigenvalue weighted by molar-refractivity contribution is 0.633. The Labute approximate surface area is 77.4 Å². The minimum Gasteiger partial charge on any atom is -0.317 e. The first kappa shape index (κ1) is 8.26. The number of hydrogen-bond donors (Lipinski definition) is 1. The van der Waals surface area contributed by atoms with Gasteiger partial charge in [0.25, 0.3) is 0 Å². The summed E-state index contributed by atoms with van der Waals surface area (Å²) in [5, 5.41) is 3.10. The summed E-state index contributed by atoms with van der Waals surface area (Å²) in [5.41, 5.74) is 3.50. The van der Waals surface area contributed by atoms with Crippen LogP contribution in [0, 0.1) is 6.92 Å². The second kappa shape index (κ2) is 3.18. The highest BCUT2D eigenvalue weighted by molar-refractivity contribution is 5.75. The van der Waals surface area contributed by atoms with Crippen molar-refractivity contribution < 1.29 is 0 Å². The van der Waals surface area contributed by atoms with Crippen LogP contribution >= 0.6 is 0 Å². The van der Waals surface area contributed by atoms with Crippen LogP contribution in [0.25, 0.3) is 11.0 Å². The van der Waals surface area contributed by atoms with Gasteiger partial charge >= 0.3 is 0 Å². The van der Waals surface area contributed by atoms with E-state index in [9.17, 15) is 0 Å². The quantitative estimate of drug-likeness (QED) is 0.750. The molecule has 2 aromatic rings. The van der Waals surface area contributed by atoms with E-state index in [1.165, 1.54) is 11.1 Å². The molecule has 13 heavy (non-hydrogen) atoms. The van der Waals surface area contributed by atoms with Crippen LogP contribution in [-0.4, -0.2) is 16.6 Å². The second-order valence-electron chi connectivity index (χ2n) is 3.22. The average molecular weight is 175 g/mol. The van der Waals surface area contributed by atoms with Gasteiger partial charge in [0.15, 0.2) is 0 Å². The molecule has 0 aliphatic rings. The summed E-state index contributed by atoms with van der Waals surface area (Å²) in [6, 6.07) is 6.31. The smallest absolute Gasteiger partial charge is 0.0969 e. The van der Waals surface area contributed by atoms with Gasteiger partial charge in [0, 0.05) is 0 Å². The molecule has 0 saturated carbocycles. The normalized spacial score (nSPS) is 10.9. The summed E-state index contributed by atoms with van der Waals surface area (Å²) in [6.07, 6.45) is 1.86. The first-order valence-corrected chi connectivity index (χ1v) is 4.37. The van der Waals surface area contributed by atoms with Crippen molar-refractivity contribution in [3.63, 3.8) is 0 Å². The SMILES string of the molecule is CNCn1cnc2cc(C)ccc21. The van der Waals surface area contributed by atoms with Crippen molar-refractivity contribution in [1.29, 1.82) is 0 Å². The van der Waals surface area contributed by atoms with Crippen molar-refractivity contribution in [3.8, 4) is 0 Å². The van der Waals surface area contributed by atoms with Crippen LogP contribution in [-0.2, 0) is 6.67 Å². The number of aromatic nitrogens is 2. The number of benzene rings is 1. The van der Waals surface area contributed by atoms with Crippen molar-refractivity contribution in [2.45, 2.75) is 13.6 Å². The standard InChI is InChI=1S/C10H13N3/c1-8-3-4-10-9(5-8)12-7-13(10)6-11-2/h3-5,7,11H,6H2,1-2H3. The van der Waals surface area contributed by atoms with Gasteiger partial charge in [0.2, 0.25) is 0 Å². The van der Waals surface area contributed by atoms with E-state index in [2.05, 4.69) is 40.0 Å². The van der Waals surface area contributed by atoms with E-state index in [1.807, 2.05) is 13.4 Å². The predicted octanol–water partition coefficient (Wildman–Crippen LogP) is 1.52. The van der Waals surface area contributed by atoms with Crippen LogP contribution in [0.4, 0.5) is 0 Å². The lowest BCUT2D eigenvalue weighted by atomic mass is 10.2. The average Bonchev–Trinajstić information content (AvgIpc) is 2.49. The summed E-state index contributed by atoms with van der Waals surface area (Å²) in [7, 11) is 1.93. The highest BCUT2D eigenvalue weighted by Crippen LogP contribution is 2.13. The Kier molecular flexibility index (Phi) is 2.02. The largest absolute Gasteiger partial charge is 0.317 e. The van der Waals surface area contributed by atoms with Crippen molar-refractivity contribution in [2.24, 2.45) is 0 Å². The fraction of sp³-hybridized carbons (Fsp3) is 0.300. The van der Waals surface area contributed by atoms with Crippen LogP contribution in [0.15, 0.2) is 24.5 Å². The van der Waals surface area contributed by atoms with E-state index >= 15 is 0 Å². The number of fused-ring (bicyclic) bond motifs is 1. The van der Waals surface area contributed by atoms with Crippen LogP contribution in [0.1, 0.15) is 5.56 Å². The molecule has 0 atom stereocenters. The van der Waals surface area contributed by atoms with Crippen molar-refractivity contribution in [3.05, 3.63) is 30.1 Å². The van der Waals surface area contributed by atoms with Gasteiger partial charge in [-0.15, -0.1) is 0 Å². The van der Waals surface area contributed by atoms with Crippen molar-refractivity contribution >= 4 is 11.0 Å². The Bertz CT molecular complexity index is 417. The van der Waals surface area contributed by atoms with Gasteiger partial charge in [-0.3, -0.25) is 0 Å². The first-order chi connectivity index (χ1) is 6.31. The van der Waals surface area contributed by atoms with E-state index in [1.54, 1.807) is 0 Å². The van der Waals surface area contributed by atoms with Crippen LogP contribution in [0.3, 0.4) is 0 Å². The number of hydrogen-bond acceptors (Lipinski definition) is 2. The summed E-state index contributed by atoms with van der Waals surface area (Å²) < 4.78 is 2.09. The molecule has 1 N–H and O–H groups in total. The van der Waals surface area contributed by atoms with Gasteiger partial charge in [-0.2, -0.15) is 0 Å². The van der Waals surface area contributed by atoms with E-state index in [0.717, 1.165) is 12.2 Å². The molecule has 0 aliphatic carbocycles. The topological polar surface area (TPSA) is 29.9 Å². The minimum absolute atomic E-state index is 0.805. The van der Waals surface area contributed by atoms with E-state index in [0.29, 0.717) is 0 Å². The molecule has 68 valence electrons. The first-order valence-electron chi connectivity index (χ1n) is 4.37. The van der Waals surface area contributed by atoms with Gasteiger partial charge in [0.1, 0.15) is 0 Å². The highest BCUT2D eigenvalue weighted by atomic mass is 15.1. The van der Waals surface area contributed by atoms with Gasteiger partial charge in [-0.05, 0) is 31.7 Å². The monoisotopic (exact) mass is 175 g/mol. The molecule has 0 aliphatic heterocycles. The molecule has 0 radical (unpaired) electrons.